The molecule has 0 saturated carbocycles. The summed E-state index contributed by atoms with van der Waals surface area (Å²) in [6, 6.07) is 7.49. The lowest BCUT2D eigenvalue weighted by atomic mass is 9.99. The molecule has 4 rings (SSSR count). The third-order valence-electron chi connectivity index (χ3n) is 4.33. The normalized spacial score (nSPS) is 14.6. The predicted octanol–water partition coefficient (Wildman–Crippen LogP) is 1.16. The topological polar surface area (TPSA) is 88.8 Å². The second kappa shape index (κ2) is 6.29. The minimum absolute atomic E-state index is 0.0145. The number of hydrogen-bond donors (Lipinski definition) is 1. The van der Waals surface area contributed by atoms with Gasteiger partial charge in [-0.3, -0.25) is 4.79 Å². The van der Waals surface area contributed by atoms with Crippen LogP contribution in [-0.4, -0.2) is 44.0 Å². The predicted molar refractivity (Wildman–Crippen MR) is 93.1 cm³/mol. The van der Waals surface area contributed by atoms with Crippen LogP contribution < -0.4 is 10.2 Å². The van der Waals surface area contributed by atoms with Crippen molar-refractivity contribution in [2.45, 2.75) is 6.54 Å². The summed E-state index contributed by atoms with van der Waals surface area (Å²) < 4.78 is 1.61. The summed E-state index contributed by atoms with van der Waals surface area (Å²) in [7, 11) is 1.78. The summed E-state index contributed by atoms with van der Waals surface area (Å²) in [6.45, 7) is 1.62. The van der Waals surface area contributed by atoms with Crippen LogP contribution in [0.1, 0.15) is 5.56 Å². The minimum atomic E-state index is -0.0795. The number of aromatic nitrogens is 5. The highest BCUT2D eigenvalue weighted by molar-refractivity contribution is 6.31. The van der Waals surface area contributed by atoms with Crippen molar-refractivity contribution in [2.24, 2.45) is 13.0 Å². The number of hydrogen-bond acceptors (Lipinski definition) is 6. The van der Waals surface area contributed by atoms with Crippen molar-refractivity contribution in [1.29, 1.82) is 0 Å². The van der Waals surface area contributed by atoms with Gasteiger partial charge < -0.3 is 10.2 Å². The number of aryl methyl sites for hydroxylation is 1. The quantitative estimate of drug-likeness (QED) is 0.754. The molecule has 0 atom stereocenters. The Balaban J connectivity index is 1.38. The first-order valence-corrected chi connectivity index (χ1v) is 8.27. The Morgan fingerprint density at radius 3 is 2.92 bits per heavy atom. The number of carbonyl (C=O) groups excluding carboxylic acids is 1. The SMILES string of the molecule is Cn1nnc2c(N3CC(C(=O)NCc4ccccc4Cl)C3)ncnc21. The molecule has 1 saturated heterocycles. The Hall–Kier alpha value is -2.74. The molecular formula is C16H16ClN7O. The Morgan fingerprint density at radius 1 is 1.32 bits per heavy atom. The van der Waals surface area contributed by atoms with Gasteiger partial charge in [-0.25, -0.2) is 14.6 Å². The third-order valence-corrected chi connectivity index (χ3v) is 4.70. The monoisotopic (exact) mass is 357 g/mol. The van der Waals surface area contributed by atoms with Crippen molar-refractivity contribution < 1.29 is 4.79 Å². The second-order valence-electron chi connectivity index (χ2n) is 5.99. The van der Waals surface area contributed by atoms with Crippen LogP contribution in [0.5, 0.6) is 0 Å². The van der Waals surface area contributed by atoms with Gasteiger partial charge in [-0.05, 0) is 11.6 Å². The molecule has 0 aliphatic carbocycles. The molecular weight excluding hydrogens is 342 g/mol. The van der Waals surface area contributed by atoms with E-state index in [1.807, 2.05) is 29.2 Å². The number of fused-ring (bicyclic) bond motifs is 1. The van der Waals surface area contributed by atoms with Gasteiger partial charge in [0.05, 0.1) is 5.92 Å². The summed E-state index contributed by atoms with van der Waals surface area (Å²) in [6.07, 6.45) is 1.49. The highest BCUT2D eigenvalue weighted by atomic mass is 35.5. The molecule has 1 amide bonds. The van der Waals surface area contributed by atoms with Gasteiger partial charge in [0.25, 0.3) is 0 Å². The minimum Gasteiger partial charge on any atom is -0.353 e. The van der Waals surface area contributed by atoms with Crippen LogP contribution in [0.15, 0.2) is 30.6 Å². The van der Waals surface area contributed by atoms with Crippen LogP contribution in [0, 0.1) is 5.92 Å². The van der Waals surface area contributed by atoms with Crippen molar-refractivity contribution in [3.8, 4) is 0 Å². The highest BCUT2D eigenvalue weighted by Crippen LogP contribution is 2.27. The summed E-state index contributed by atoms with van der Waals surface area (Å²) in [4.78, 5) is 22.8. The molecule has 0 unspecified atom stereocenters. The van der Waals surface area contributed by atoms with Gasteiger partial charge in [-0.2, -0.15) is 0 Å². The molecule has 3 aromatic rings. The molecule has 0 radical (unpaired) electrons. The molecule has 8 nitrogen and oxygen atoms in total. The molecule has 1 N–H and O–H groups in total. The molecule has 128 valence electrons. The zero-order valence-electron chi connectivity index (χ0n) is 13.6. The lowest BCUT2D eigenvalue weighted by Crippen LogP contribution is -2.54. The van der Waals surface area contributed by atoms with Crippen molar-refractivity contribution in [2.75, 3.05) is 18.0 Å². The molecule has 0 bridgehead atoms. The van der Waals surface area contributed by atoms with E-state index in [9.17, 15) is 4.79 Å². The molecule has 3 heterocycles. The largest absolute Gasteiger partial charge is 0.353 e. The zero-order chi connectivity index (χ0) is 17.4. The molecule has 1 aromatic carbocycles. The lowest BCUT2D eigenvalue weighted by molar-refractivity contribution is -0.125. The van der Waals surface area contributed by atoms with Crippen molar-refractivity contribution >= 4 is 34.5 Å². The first-order valence-electron chi connectivity index (χ1n) is 7.90. The molecule has 1 fully saturated rings. The molecule has 1 aliphatic heterocycles. The van der Waals surface area contributed by atoms with Crippen LogP contribution in [0.3, 0.4) is 0 Å². The summed E-state index contributed by atoms with van der Waals surface area (Å²) in [5, 5.41) is 11.7. The summed E-state index contributed by atoms with van der Waals surface area (Å²) in [5.41, 5.74) is 2.24. The average Bonchev–Trinajstić information content (AvgIpc) is 2.95. The number of halogens is 1. The maximum atomic E-state index is 12.3. The first-order chi connectivity index (χ1) is 12.1. The number of nitrogens with zero attached hydrogens (tertiary/aromatic N) is 6. The van der Waals surface area contributed by atoms with Crippen molar-refractivity contribution in [3.05, 3.63) is 41.2 Å². The van der Waals surface area contributed by atoms with Gasteiger partial charge >= 0.3 is 0 Å². The van der Waals surface area contributed by atoms with E-state index in [2.05, 4.69) is 25.6 Å². The van der Waals surface area contributed by atoms with E-state index < -0.39 is 0 Å². The van der Waals surface area contributed by atoms with Gasteiger partial charge in [-0.15, -0.1) is 5.10 Å². The second-order valence-corrected chi connectivity index (χ2v) is 6.40. The van der Waals surface area contributed by atoms with Gasteiger partial charge in [0.2, 0.25) is 5.91 Å². The fourth-order valence-electron chi connectivity index (χ4n) is 2.86. The third kappa shape index (κ3) is 2.89. The van der Waals surface area contributed by atoms with E-state index in [0.29, 0.717) is 41.6 Å². The molecule has 1 aliphatic rings. The van der Waals surface area contributed by atoms with Crippen LogP contribution in [0.2, 0.25) is 5.02 Å². The first kappa shape index (κ1) is 15.8. The fourth-order valence-corrected chi connectivity index (χ4v) is 3.06. The molecule has 25 heavy (non-hydrogen) atoms. The molecule has 9 heteroatoms. The van der Waals surface area contributed by atoms with Crippen molar-refractivity contribution in [3.63, 3.8) is 0 Å². The van der Waals surface area contributed by atoms with E-state index in [4.69, 9.17) is 11.6 Å². The standard InChI is InChI=1S/C16H16ClN7O/c1-23-14-13(21-22-23)15(20-9-19-14)24-7-11(8-24)16(25)18-6-10-4-2-3-5-12(10)17/h2-5,9,11H,6-8H2,1H3,(H,18,25). The summed E-state index contributed by atoms with van der Waals surface area (Å²) >= 11 is 6.11. The zero-order valence-corrected chi connectivity index (χ0v) is 14.3. The maximum absolute atomic E-state index is 12.3. The number of rotatable bonds is 4. The van der Waals surface area contributed by atoms with E-state index in [-0.39, 0.29) is 11.8 Å². The number of amides is 1. The van der Waals surface area contributed by atoms with Crippen LogP contribution in [0.25, 0.3) is 11.2 Å². The Morgan fingerprint density at radius 2 is 2.12 bits per heavy atom. The maximum Gasteiger partial charge on any atom is 0.226 e. The van der Waals surface area contributed by atoms with E-state index in [1.165, 1.54) is 6.33 Å². The van der Waals surface area contributed by atoms with Crippen LogP contribution in [-0.2, 0) is 18.4 Å². The van der Waals surface area contributed by atoms with Crippen molar-refractivity contribution in [1.82, 2.24) is 30.3 Å². The molecule has 0 spiro atoms. The number of nitrogens with one attached hydrogen (secondary N) is 1. The number of benzene rings is 1. The van der Waals surface area contributed by atoms with E-state index >= 15 is 0 Å². The van der Waals surface area contributed by atoms with Gasteiger partial charge in [0.1, 0.15) is 6.33 Å². The lowest BCUT2D eigenvalue weighted by Gasteiger charge is -2.38. The van der Waals surface area contributed by atoms with Gasteiger partial charge in [-0.1, -0.05) is 35.0 Å². The van der Waals surface area contributed by atoms with Crippen LogP contribution >= 0.6 is 11.6 Å². The van der Waals surface area contributed by atoms with Crippen LogP contribution in [0.4, 0.5) is 5.82 Å². The Kier molecular flexibility index (Phi) is 3.96. The molecule has 2 aromatic heterocycles. The number of carbonyl (C=O) groups is 1. The number of anilines is 1. The van der Waals surface area contributed by atoms with Gasteiger partial charge in [0.15, 0.2) is 17.0 Å². The Labute approximate surface area is 148 Å². The summed E-state index contributed by atoms with van der Waals surface area (Å²) in [5.74, 6) is 0.651. The van der Waals surface area contributed by atoms with E-state index in [1.54, 1.807) is 11.7 Å². The average molecular weight is 358 g/mol. The Bertz CT molecular complexity index is 935. The fraction of sp³-hybridized carbons (Fsp3) is 0.312. The van der Waals surface area contributed by atoms with Gasteiger partial charge in [0, 0.05) is 31.7 Å². The van der Waals surface area contributed by atoms with E-state index in [0.717, 1.165) is 5.56 Å². The highest BCUT2D eigenvalue weighted by Gasteiger charge is 2.35. The smallest absolute Gasteiger partial charge is 0.226 e.